The van der Waals surface area contributed by atoms with E-state index in [0.717, 1.165) is 5.56 Å². The lowest BCUT2D eigenvalue weighted by Gasteiger charge is -2.02. The van der Waals surface area contributed by atoms with Crippen LogP contribution in [0.2, 0.25) is 0 Å². The van der Waals surface area contributed by atoms with E-state index in [2.05, 4.69) is 23.0 Å². The lowest BCUT2D eigenvalue weighted by molar-refractivity contribution is -0.118. The van der Waals surface area contributed by atoms with Gasteiger partial charge in [-0.3, -0.25) is 9.48 Å². The standard InChI is InChI=1S/C8H13N3OS/c1-7-4-10-11(5-7)3-2-9-8(12)6-13/h4-5,13H,2-3,6H2,1H3,(H,9,12). The third-order valence-corrected chi connectivity index (χ3v) is 1.86. The molecule has 0 unspecified atom stereocenters. The van der Waals surface area contributed by atoms with Crippen molar-refractivity contribution in [3.63, 3.8) is 0 Å². The van der Waals surface area contributed by atoms with E-state index in [4.69, 9.17) is 0 Å². The number of nitrogens with zero attached hydrogens (tertiary/aromatic N) is 2. The van der Waals surface area contributed by atoms with Gasteiger partial charge in [-0.2, -0.15) is 17.7 Å². The Bertz CT molecular complexity index is 285. The first-order valence-corrected chi connectivity index (χ1v) is 4.72. The molecule has 1 N–H and O–H groups in total. The van der Waals surface area contributed by atoms with Crippen molar-refractivity contribution in [1.82, 2.24) is 15.1 Å². The van der Waals surface area contributed by atoms with Crippen molar-refractivity contribution in [3.05, 3.63) is 18.0 Å². The molecule has 0 atom stereocenters. The highest BCUT2D eigenvalue weighted by Crippen LogP contribution is 1.92. The second-order valence-electron chi connectivity index (χ2n) is 2.79. The number of carbonyl (C=O) groups excluding carboxylic acids is 1. The second-order valence-corrected chi connectivity index (χ2v) is 3.11. The summed E-state index contributed by atoms with van der Waals surface area (Å²) in [7, 11) is 0. The highest BCUT2D eigenvalue weighted by Gasteiger charge is 1.97. The van der Waals surface area contributed by atoms with Crippen LogP contribution in [-0.2, 0) is 11.3 Å². The normalized spacial score (nSPS) is 10.0. The summed E-state index contributed by atoms with van der Waals surface area (Å²) in [6.45, 7) is 3.28. The zero-order valence-electron chi connectivity index (χ0n) is 7.53. The maximum Gasteiger partial charge on any atom is 0.229 e. The average Bonchev–Trinajstić information content (AvgIpc) is 2.51. The van der Waals surface area contributed by atoms with Crippen molar-refractivity contribution in [3.8, 4) is 0 Å². The largest absolute Gasteiger partial charge is 0.354 e. The van der Waals surface area contributed by atoms with Gasteiger partial charge >= 0.3 is 0 Å². The maximum absolute atomic E-state index is 10.8. The number of amides is 1. The molecule has 0 fully saturated rings. The fourth-order valence-electron chi connectivity index (χ4n) is 0.955. The smallest absolute Gasteiger partial charge is 0.229 e. The van der Waals surface area contributed by atoms with E-state index in [0.29, 0.717) is 13.1 Å². The zero-order chi connectivity index (χ0) is 9.68. The van der Waals surface area contributed by atoms with Gasteiger partial charge in [-0.25, -0.2) is 0 Å². The monoisotopic (exact) mass is 199 g/mol. The molecule has 1 rings (SSSR count). The van der Waals surface area contributed by atoms with Gasteiger partial charge in [-0.1, -0.05) is 0 Å². The van der Waals surface area contributed by atoms with Gasteiger partial charge in [0, 0.05) is 12.7 Å². The van der Waals surface area contributed by atoms with Gasteiger partial charge in [0.15, 0.2) is 0 Å². The Morgan fingerprint density at radius 2 is 2.54 bits per heavy atom. The molecule has 0 spiro atoms. The highest BCUT2D eigenvalue weighted by atomic mass is 32.1. The Labute approximate surface area is 82.7 Å². The van der Waals surface area contributed by atoms with Crippen LogP contribution in [0.3, 0.4) is 0 Å². The number of aryl methyl sites for hydroxylation is 1. The lowest BCUT2D eigenvalue weighted by atomic mass is 10.4. The molecule has 0 bridgehead atoms. The van der Waals surface area contributed by atoms with E-state index in [1.807, 2.05) is 13.1 Å². The lowest BCUT2D eigenvalue weighted by Crippen LogP contribution is -2.28. The molecule has 4 nitrogen and oxygen atoms in total. The summed E-state index contributed by atoms with van der Waals surface area (Å²) in [4.78, 5) is 10.8. The molecule has 0 aliphatic carbocycles. The van der Waals surface area contributed by atoms with E-state index >= 15 is 0 Å². The first kappa shape index (κ1) is 10.1. The van der Waals surface area contributed by atoms with Crippen molar-refractivity contribution in [2.24, 2.45) is 0 Å². The molecular weight excluding hydrogens is 186 g/mol. The van der Waals surface area contributed by atoms with Crippen LogP contribution in [0.25, 0.3) is 0 Å². The summed E-state index contributed by atoms with van der Waals surface area (Å²) in [5, 5.41) is 6.80. The third kappa shape index (κ3) is 3.50. The van der Waals surface area contributed by atoms with Crippen molar-refractivity contribution in [1.29, 1.82) is 0 Å². The van der Waals surface area contributed by atoms with Crippen LogP contribution < -0.4 is 5.32 Å². The van der Waals surface area contributed by atoms with Crippen LogP contribution in [0.15, 0.2) is 12.4 Å². The van der Waals surface area contributed by atoms with Gasteiger partial charge in [-0.05, 0) is 12.5 Å². The number of rotatable bonds is 4. The summed E-state index contributed by atoms with van der Waals surface area (Å²) in [5.41, 5.74) is 1.13. The van der Waals surface area contributed by atoms with Gasteiger partial charge < -0.3 is 5.32 Å². The Kier molecular flexibility index (Phi) is 3.82. The number of aromatic nitrogens is 2. The Hall–Kier alpha value is -0.970. The van der Waals surface area contributed by atoms with Gasteiger partial charge in [0.25, 0.3) is 0 Å². The van der Waals surface area contributed by atoms with E-state index < -0.39 is 0 Å². The molecule has 0 aliphatic rings. The molecule has 0 saturated carbocycles. The van der Waals surface area contributed by atoms with Gasteiger partial charge in [0.2, 0.25) is 5.91 Å². The Morgan fingerprint density at radius 3 is 3.08 bits per heavy atom. The van der Waals surface area contributed by atoms with Crippen LogP contribution in [0.4, 0.5) is 0 Å². The van der Waals surface area contributed by atoms with Gasteiger partial charge in [0.05, 0.1) is 18.5 Å². The fraction of sp³-hybridized carbons (Fsp3) is 0.500. The molecule has 1 amide bonds. The zero-order valence-corrected chi connectivity index (χ0v) is 8.42. The molecule has 5 heteroatoms. The SMILES string of the molecule is Cc1cnn(CCNC(=O)CS)c1. The molecule has 1 aromatic heterocycles. The number of nitrogens with one attached hydrogen (secondary N) is 1. The highest BCUT2D eigenvalue weighted by molar-refractivity contribution is 7.81. The fourth-order valence-corrected chi connectivity index (χ4v) is 1.07. The van der Waals surface area contributed by atoms with Crippen molar-refractivity contribution < 1.29 is 4.79 Å². The number of carbonyl (C=O) groups is 1. The minimum atomic E-state index is -0.0489. The van der Waals surface area contributed by atoms with E-state index in [1.54, 1.807) is 10.9 Å². The molecule has 0 aromatic carbocycles. The summed E-state index contributed by atoms with van der Waals surface area (Å²) < 4.78 is 1.80. The van der Waals surface area contributed by atoms with Crippen LogP contribution >= 0.6 is 12.6 Å². The number of hydrogen-bond donors (Lipinski definition) is 2. The van der Waals surface area contributed by atoms with Gasteiger partial charge in [0.1, 0.15) is 0 Å². The summed E-state index contributed by atoms with van der Waals surface area (Å²) in [6.07, 6.45) is 3.73. The number of thiol groups is 1. The minimum absolute atomic E-state index is 0.0489. The molecule has 0 aliphatic heterocycles. The molecule has 1 aromatic rings. The summed E-state index contributed by atoms with van der Waals surface area (Å²) >= 11 is 3.85. The van der Waals surface area contributed by atoms with E-state index in [1.165, 1.54) is 0 Å². The van der Waals surface area contributed by atoms with Crippen LogP contribution in [0.5, 0.6) is 0 Å². The molecular formula is C8H13N3OS. The molecule has 0 radical (unpaired) electrons. The first-order valence-electron chi connectivity index (χ1n) is 4.09. The van der Waals surface area contributed by atoms with Crippen molar-refractivity contribution in [2.45, 2.75) is 13.5 Å². The predicted molar refractivity (Wildman–Crippen MR) is 53.8 cm³/mol. The van der Waals surface area contributed by atoms with Crippen molar-refractivity contribution in [2.75, 3.05) is 12.3 Å². The Morgan fingerprint density at radius 1 is 1.77 bits per heavy atom. The van der Waals surface area contributed by atoms with E-state index in [-0.39, 0.29) is 11.7 Å². The predicted octanol–water partition coefficient (Wildman–Crippen LogP) is 0.238. The van der Waals surface area contributed by atoms with Crippen LogP contribution in [-0.4, -0.2) is 28.0 Å². The molecule has 13 heavy (non-hydrogen) atoms. The maximum atomic E-state index is 10.8. The topological polar surface area (TPSA) is 46.9 Å². The number of hydrogen-bond acceptors (Lipinski definition) is 3. The quantitative estimate of drug-likeness (QED) is 0.682. The average molecular weight is 199 g/mol. The minimum Gasteiger partial charge on any atom is -0.354 e. The molecule has 0 saturated heterocycles. The first-order chi connectivity index (χ1) is 6.22. The van der Waals surface area contributed by atoms with Gasteiger partial charge in [-0.15, -0.1) is 0 Å². The van der Waals surface area contributed by atoms with E-state index in [9.17, 15) is 4.79 Å². The summed E-state index contributed by atoms with van der Waals surface area (Å²) in [6, 6.07) is 0. The Balaban J connectivity index is 2.24. The third-order valence-electron chi connectivity index (χ3n) is 1.57. The summed E-state index contributed by atoms with van der Waals surface area (Å²) in [5.74, 6) is 0.185. The molecule has 1 heterocycles. The van der Waals surface area contributed by atoms with Crippen LogP contribution in [0.1, 0.15) is 5.56 Å². The van der Waals surface area contributed by atoms with Crippen LogP contribution in [0, 0.1) is 6.92 Å². The van der Waals surface area contributed by atoms with Crippen molar-refractivity contribution >= 4 is 18.5 Å². The second kappa shape index (κ2) is 4.91. The molecule has 72 valence electrons.